The number of phenolic OH excluding ortho intramolecular Hbond substituents is 1. The van der Waals surface area contributed by atoms with Gasteiger partial charge in [0.25, 0.3) is 0 Å². The number of rotatable bonds is 6. The summed E-state index contributed by atoms with van der Waals surface area (Å²) in [6.07, 6.45) is 4.82. The van der Waals surface area contributed by atoms with Gasteiger partial charge in [0, 0.05) is 17.8 Å². The van der Waals surface area contributed by atoms with Crippen LogP contribution in [0.15, 0.2) is 18.2 Å². The quantitative estimate of drug-likeness (QED) is 0.817. The normalized spacial score (nSPS) is 16.8. The molecule has 2 rings (SSSR count). The van der Waals surface area contributed by atoms with E-state index >= 15 is 0 Å². The fourth-order valence-electron chi connectivity index (χ4n) is 1.86. The molecule has 3 nitrogen and oxygen atoms in total. The van der Waals surface area contributed by atoms with Crippen LogP contribution in [0.4, 0.5) is 0 Å². The molecule has 0 spiro atoms. The predicted molar refractivity (Wildman–Crippen MR) is 71.8 cm³/mol. The Kier molecular flexibility index (Phi) is 3.84. The number of nitrogens with one attached hydrogen (secondary N) is 1. The lowest BCUT2D eigenvalue weighted by atomic mass is 10.2. The van der Waals surface area contributed by atoms with E-state index in [1.54, 1.807) is 13.2 Å². The first-order valence-corrected chi connectivity index (χ1v) is 7.03. The van der Waals surface area contributed by atoms with Gasteiger partial charge in [0.05, 0.1) is 7.11 Å². The van der Waals surface area contributed by atoms with E-state index in [4.69, 9.17) is 4.74 Å². The third kappa shape index (κ3) is 3.07. The minimum Gasteiger partial charge on any atom is -0.504 e. The number of thioether (sulfide) groups is 1. The highest BCUT2D eigenvalue weighted by Gasteiger charge is 2.41. The minimum atomic E-state index is 0.194. The van der Waals surface area contributed by atoms with E-state index in [0.29, 0.717) is 10.5 Å². The molecule has 4 heteroatoms. The van der Waals surface area contributed by atoms with Crippen molar-refractivity contribution in [3.63, 3.8) is 0 Å². The van der Waals surface area contributed by atoms with Gasteiger partial charge in [-0.3, -0.25) is 0 Å². The Morgan fingerprint density at radius 3 is 2.82 bits per heavy atom. The van der Waals surface area contributed by atoms with Crippen LogP contribution >= 0.6 is 11.8 Å². The third-order valence-electron chi connectivity index (χ3n) is 3.26. The van der Waals surface area contributed by atoms with Gasteiger partial charge in [-0.05, 0) is 36.8 Å². The van der Waals surface area contributed by atoms with Crippen LogP contribution in [-0.4, -0.2) is 29.8 Å². The van der Waals surface area contributed by atoms with Gasteiger partial charge in [0.1, 0.15) is 0 Å². The fraction of sp³-hybridized carbons (Fsp3) is 0.538. The molecule has 1 aromatic carbocycles. The second-order valence-corrected chi connectivity index (χ2v) is 5.77. The monoisotopic (exact) mass is 253 g/mol. The van der Waals surface area contributed by atoms with Crippen LogP contribution < -0.4 is 10.1 Å². The molecule has 2 N–H and O–H groups in total. The average molecular weight is 253 g/mol. The summed E-state index contributed by atoms with van der Waals surface area (Å²) in [5, 5.41) is 13.0. The number of benzene rings is 1. The Bertz CT molecular complexity index is 391. The highest BCUT2D eigenvalue weighted by atomic mass is 32.2. The molecule has 1 fully saturated rings. The van der Waals surface area contributed by atoms with Crippen LogP contribution in [-0.2, 0) is 6.54 Å². The smallest absolute Gasteiger partial charge is 0.160 e. The maximum absolute atomic E-state index is 9.49. The third-order valence-corrected chi connectivity index (χ3v) is 4.68. The first-order chi connectivity index (χ1) is 8.19. The van der Waals surface area contributed by atoms with Gasteiger partial charge in [-0.1, -0.05) is 6.07 Å². The van der Waals surface area contributed by atoms with Crippen molar-refractivity contribution in [2.45, 2.75) is 24.1 Å². The molecular weight excluding hydrogens is 234 g/mol. The standard InChI is InChI=1S/C13H19NO2S/c1-16-12-7-10(3-4-11(12)15)8-14-9-13(17-2)5-6-13/h3-4,7,14-15H,5-6,8-9H2,1-2H3. The lowest BCUT2D eigenvalue weighted by molar-refractivity contribution is 0.373. The van der Waals surface area contributed by atoms with Gasteiger partial charge in [-0.15, -0.1) is 0 Å². The summed E-state index contributed by atoms with van der Waals surface area (Å²) in [6.45, 7) is 1.87. The molecule has 0 unspecified atom stereocenters. The van der Waals surface area contributed by atoms with Gasteiger partial charge in [0.15, 0.2) is 11.5 Å². The SMILES string of the molecule is COc1cc(CNCC2(SC)CC2)ccc1O. The summed E-state index contributed by atoms with van der Waals surface area (Å²) in [7, 11) is 1.57. The zero-order chi connectivity index (χ0) is 12.3. The van der Waals surface area contributed by atoms with Gasteiger partial charge in [0.2, 0.25) is 0 Å². The van der Waals surface area contributed by atoms with Crippen molar-refractivity contribution in [3.05, 3.63) is 23.8 Å². The van der Waals surface area contributed by atoms with Crippen LogP contribution in [0.3, 0.4) is 0 Å². The first-order valence-electron chi connectivity index (χ1n) is 5.81. The van der Waals surface area contributed by atoms with E-state index in [2.05, 4.69) is 11.6 Å². The van der Waals surface area contributed by atoms with E-state index in [0.717, 1.165) is 18.7 Å². The van der Waals surface area contributed by atoms with Gasteiger partial charge >= 0.3 is 0 Å². The van der Waals surface area contributed by atoms with Crippen molar-refractivity contribution in [2.75, 3.05) is 19.9 Å². The zero-order valence-corrected chi connectivity index (χ0v) is 11.1. The lowest BCUT2D eigenvalue weighted by Crippen LogP contribution is -2.25. The van der Waals surface area contributed by atoms with Crippen molar-refractivity contribution >= 4 is 11.8 Å². The number of phenols is 1. The lowest BCUT2D eigenvalue weighted by Gasteiger charge is -2.13. The van der Waals surface area contributed by atoms with Crippen molar-refractivity contribution < 1.29 is 9.84 Å². The molecule has 17 heavy (non-hydrogen) atoms. The van der Waals surface area contributed by atoms with Gasteiger partial charge < -0.3 is 15.2 Å². The Morgan fingerprint density at radius 1 is 1.47 bits per heavy atom. The van der Waals surface area contributed by atoms with Crippen LogP contribution in [0.25, 0.3) is 0 Å². The minimum absolute atomic E-state index is 0.194. The number of methoxy groups -OCH3 is 1. The highest BCUT2D eigenvalue weighted by Crippen LogP contribution is 2.46. The molecule has 1 aliphatic carbocycles. The average Bonchev–Trinajstić information content (AvgIpc) is 3.12. The molecule has 0 heterocycles. The Hall–Kier alpha value is -0.870. The molecule has 0 aliphatic heterocycles. The molecule has 0 saturated heterocycles. The number of ether oxygens (including phenoxy) is 1. The molecule has 0 radical (unpaired) electrons. The summed E-state index contributed by atoms with van der Waals surface area (Å²) in [5.41, 5.74) is 1.14. The number of aromatic hydroxyl groups is 1. The van der Waals surface area contributed by atoms with E-state index in [-0.39, 0.29) is 5.75 Å². The van der Waals surface area contributed by atoms with E-state index < -0.39 is 0 Å². The molecule has 1 saturated carbocycles. The van der Waals surface area contributed by atoms with Crippen LogP contribution in [0.5, 0.6) is 11.5 Å². The Labute approximate surface area is 107 Å². The van der Waals surface area contributed by atoms with Crippen molar-refractivity contribution in [1.29, 1.82) is 0 Å². The summed E-state index contributed by atoms with van der Waals surface area (Å²) >= 11 is 1.96. The predicted octanol–water partition coefficient (Wildman–Crippen LogP) is 2.39. The first kappa shape index (κ1) is 12.6. The van der Waals surface area contributed by atoms with Crippen molar-refractivity contribution in [2.24, 2.45) is 0 Å². The number of hydrogen-bond acceptors (Lipinski definition) is 4. The van der Waals surface area contributed by atoms with Crippen molar-refractivity contribution in [3.8, 4) is 11.5 Å². The van der Waals surface area contributed by atoms with E-state index in [1.807, 2.05) is 23.9 Å². The van der Waals surface area contributed by atoms with E-state index in [9.17, 15) is 5.11 Å². The second kappa shape index (κ2) is 5.19. The fourth-order valence-corrected chi connectivity index (χ4v) is 2.62. The summed E-state index contributed by atoms with van der Waals surface area (Å²) in [5.74, 6) is 0.731. The highest BCUT2D eigenvalue weighted by molar-refractivity contribution is 8.00. The van der Waals surface area contributed by atoms with Gasteiger partial charge in [-0.25, -0.2) is 0 Å². The zero-order valence-electron chi connectivity index (χ0n) is 10.3. The molecule has 1 aliphatic rings. The second-order valence-electron chi connectivity index (χ2n) is 4.50. The molecule has 0 atom stereocenters. The molecule has 0 aromatic heterocycles. The Morgan fingerprint density at radius 2 is 2.24 bits per heavy atom. The molecule has 1 aromatic rings. The molecular formula is C13H19NO2S. The van der Waals surface area contributed by atoms with Gasteiger partial charge in [-0.2, -0.15) is 11.8 Å². The van der Waals surface area contributed by atoms with Crippen LogP contribution in [0, 0.1) is 0 Å². The molecule has 0 bridgehead atoms. The summed E-state index contributed by atoms with van der Waals surface area (Å²) in [6, 6.07) is 5.47. The maximum atomic E-state index is 9.49. The summed E-state index contributed by atoms with van der Waals surface area (Å²) in [4.78, 5) is 0. The number of hydrogen-bond donors (Lipinski definition) is 2. The summed E-state index contributed by atoms with van der Waals surface area (Å²) < 4.78 is 5.57. The molecule has 0 amide bonds. The van der Waals surface area contributed by atoms with Crippen LogP contribution in [0.1, 0.15) is 18.4 Å². The topological polar surface area (TPSA) is 41.5 Å². The van der Waals surface area contributed by atoms with Crippen LogP contribution in [0.2, 0.25) is 0 Å². The maximum Gasteiger partial charge on any atom is 0.160 e. The Balaban J connectivity index is 1.86. The largest absolute Gasteiger partial charge is 0.504 e. The van der Waals surface area contributed by atoms with Crippen molar-refractivity contribution in [1.82, 2.24) is 5.32 Å². The van der Waals surface area contributed by atoms with E-state index in [1.165, 1.54) is 12.8 Å². The molecule has 94 valence electrons.